The van der Waals surface area contributed by atoms with Gasteiger partial charge in [0.25, 0.3) is 0 Å². The fourth-order valence-electron chi connectivity index (χ4n) is 0.952. The minimum absolute atomic E-state index is 0. The zero-order valence-electron chi connectivity index (χ0n) is 8.98. The molecule has 0 aliphatic carbocycles. The number of nitriles is 1. The molecule has 0 aliphatic heterocycles. The number of hydrogen-bond acceptors (Lipinski definition) is 1. The van der Waals surface area contributed by atoms with Crippen LogP contribution in [0.3, 0.4) is 0 Å². The summed E-state index contributed by atoms with van der Waals surface area (Å²) in [6.45, 7) is 13.5. The first-order valence-corrected chi connectivity index (χ1v) is 4.12. The molecule has 0 saturated carbocycles. The summed E-state index contributed by atoms with van der Waals surface area (Å²) in [7, 11) is 0. The summed E-state index contributed by atoms with van der Waals surface area (Å²) in [6.07, 6.45) is 2.70. The molecule has 1 rings (SSSR count). The van der Waals surface area contributed by atoms with E-state index in [1.54, 1.807) is 0 Å². The smallest absolute Gasteiger partial charge is 0 e. The molecule has 5 heteroatoms. The van der Waals surface area contributed by atoms with Crippen LogP contribution in [0.1, 0.15) is 18.4 Å². The Morgan fingerprint density at radius 2 is 1.41 bits per heavy atom. The maximum absolute atomic E-state index is 8.24. The molecule has 0 atom stereocenters. The first kappa shape index (κ1) is 24.7. The van der Waals surface area contributed by atoms with E-state index in [0.29, 0.717) is 6.42 Å². The normalized spacial score (nSPS) is 5.71. The molecule has 0 aromatic heterocycles. The Balaban J connectivity index is -0.000000106. The molecular formula is C12H10MnNO3-. The fourth-order valence-corrected chi connectivity index (χ4v) is 0.952. The van der Waals surface area contributed by atoms with Crippen molar-refractivity contribution in [2.24, 2.45) is 0 Å². The van der Waals surface area contributed by atoms with E-state index in [9.17, 15) is 0 Å². The second-order valence-electron chi connectivity index (χ2n) is 2.30. The Morgan fingerprint density at radius 1 is 1.00 bits per heavy atom. The Labute approximate surface area is 112 Å². The zero-order chi connectivity index (χ0) is 13.2. The Bertz CT molecular complexity index is 305. The van der Waals surface area contributed by atoms with Crippen molar-refractivity contribution in [3.8, 4) is 6.07 Å². The predicted octanol–water partition coefficient (Wildman–Crippen LogP) is 2.14. The molecule has 0 N–H and O–H groups in total. The van der Waals surface area contributed by atoms with E-state index in [4.69, 9.17) is 19.2 Å². The molecule has 0 saturated heterocycles. The Kier molecular flexibility index (Phi) is 42.6. The molecule has 17 heavy (non-hydrogen) atoms. The van der Waals surface area contributed by atoms with E-state index in [1.165, 1.54) is 5.56 Å². The number of hydrogen-bond donors (Lipinski definition) is 0. The summed E-state index contributed by atoms with van der Waals surface area (Å²) in [6, 6.07) is 10.4. The fraction of sp³-hybridized carbons (Fsp3) is 0.250. The van der Waals surface area contributed by atoms with E-state index < -0.39 is 0 Å². The SMILES string of the molecule is N#CCCC[c-]1cccc1.[C-]#[O+].[C-]#[O+].[C-]#[O+].[Mn]. The van der Waals surface area contributed by atoms with Gasteiger partial charge in [-0.15, -0.1) is 0 Å². The predicted molar refractivity (Wildman–Crippen MR) is 52.4 cm³/mol. The summed E-state index contributed by atoms with van der Waals surface area (Å²) >= 11 is 0. The maximum atomic E-state index is 8.24. The van der Waals surface area contributed by atoms with Crippen molar-refractivity contribution < 1.29 is 31.0 Å². The van der Waals surface area contributed by atoms with Crippen molar-refractivity contribution in [1.29, 1.82) is 5.26 Å². The first-order valence-electron chi connectivity index (χ1n) is 4.12. The van der Waals surface area contributed by atoms with Crippen molar-refractivity contribution in [3.05, 3.63) is 49.8 Å². The van der Waals surface area contributed by atoms with Gasteiger partial charge in [-0.25, -0.2) is 12.1 Å². The van der Waals surface area contributed by atoms with Gasteiger partial charge in [-0.3, -0.25) is 0 Å². The van der Waals surface area contributed by atoms with Crippen molar-refractivity contribution >= 4 is 0 Å². The van der Waals surface area contributed by atoms with Gasteiger partial charge in [0.2, 0.25) is 0 Å². The molecule has 1 aromatic rings. The van der Waals surface area contributed by atoms with Crippen LogP contribution >= 0.6 is 0 Å². The number of rotatable bonds is 3. The molecule has 0 unspecified atom stereocenters. The molecule has 1 radical (unpaired) electrons. The number of unbranched alkanes of at least 4 members (excludes halogenated alkanes) is 1. The van der Waals surface area contributed by atoms with Gasteiger partial charge in [-0.1, -0.05) is 6.42 Å². The second kappa shape index (κ2) is 29.3. The van der Waals surface area contributed by atoms with E-state index in [1.807, 2.05) is 12.1 Å². The summed E-state index contributed by atoms with van der Waals surface area (Å²) in [5.74, 6) is 0. The third-order valence-electron chi connectivity index (χ3n) is 1.49. The monoisotopic (exact) mass is 271 g/mol. The van der Waals surface area contributed by atoms with E-state index in [2.05, 4.69) is 38.2 Å². The van der Waals surface area contributed by atoms with Gasteiger partial charge in [0, 0.05) is 23.5 Å². The average molecular weight is 271 g/mol. The Morgan fingerprint density at radius 3 is 1.76 bits per heavy atom. The molecule has 4 nitrogen and oxygen atoms in total. The Hall–Kier alpha value is -1.42. The molecule has 0 fully saturated rings. The van der Waals surface area contributed by atoms with Crippen LogP contribution in [0.2, 0.25) is 0 Å². The van der Waals surface area contributed by atoms with Gasteiger partial charge < -0.3 is 0 Å². The van der Waals surface area contributed by atoms with E-state index >= 15 is 0 Å². The van der Waals surface area contributed by atoms with Crippen LogP contribution in [0, 0.1) is 31.3 Å². The van der Waals surface area contributed by atoms with Crippen molar-refractivity contribution in [2.45, 2.75) is 19.3 Å². The molecule has 89 valence electrons. The van der Waals surface area contributed by atoms with Crippen LogP contribution < -0.4 is 0 Å². The summed E-state index contributed by atoms with van der Waals surface area (Å²) < 4.78 is 22.5. The molecule has 0 amide bonds. The van der Waals surface area contributed by atoms with E-state index in [0.717, 1.165) is 12.8 Å². The average Bonchev–Trinajstić information content (AvgIpc) is 2.90. The molecule has 0 heterocycles. The largest absolute Gasteiger partial charge is 0 e. The van der Waals surface area contributed by atoms with Crippen LogP contribution in [0.4, 0.5) is 0 Å². The molecule has 0 spiro atoms. The quantitative estimate of drug-likeness (QED) is 0.358. The van der Waals surface area contributed by atoms with Gasteiger partial charge >= 0.3 is 33.9 Å². The topological polar surface area (TPSA) is 83.5 Å². The van der Waals surface area contributed by atoms with Crippen molar-refractivity contribution in [2.75, 3.05) is 0 Å². The van der Waals surface area contributed by atoms with Crippen LogP contribution in [0.5, 0.6) is 0 Å². The maximum Gasteiger partial charge on any atom is 0 e. The minimum atomic E-state index is 0. The number of aryl methyl sites for hydroxylation is 1. The standard InChI is InChI=1S/C9H10N.3CO.Mn/c10-8-4-3-7-9-5-1-2-6-9;3*1-2;/h1-2,5-6H,3-4,7H2;;;;/q-1;;;;. The van der Waals surface area contributed by atoms with E-state index in [-0.39, 0.29) is 17.1 Å². The summed E-state index contributed by atoms with van der Waals surface area (Å²) in [5, 5.41) is 8.24. The minimum Gasteiger partial charge on any atom is 0 e. The van der Waals surface area contributed by atoms with Gasteiger partial charge in [0.15, 0.2) is 0 Å². The van der Waals surface area contributed by atoms with Gasteiger partial charge in [-0.2, -0.15) is 23.0 Å². The third-order valence-corrected chi connectivity index (χ3v) is 1.49. The first-order chi connectivity index (χ1) is 7.93. The number of nitrogens with zero attached hydrogens (tertiary/aromatic N) is 1. The van der Waals surface area contributed by atoms with Gasteiger partial charge in [0.05, 0.1) is 6.07 Å². The summed E-state index contributed by atoms with van der Waals surface area (Å²) in [4.78, 5) is 0. The third kappa shape index (κ3) is 20.6. The molecular weight excluding hydrogens is 261 g/mol. The molecule has 0 bridgehead atoms. The van der Waals surface area contributed by atoms with Crippen LogP contribution in [0.15, 0.2) is 24.3 Å². The zero-order valence-corrected chi connectivity index (χ0v) is 10.2. The van der Waals surface area contributed by atoms with Crippen LogP contribution in [-0.4, -0.2) is 0 Å². The van der Waals surface area contributed by atoms with Crippen molar-refractivity contribution in [1.82, 2.24) is 0 Å². The second-order valence-corrected chi connectivity index (χ2v) is 2.30. The van der Waals surface area contributed by atoms with Gasteiger partial charge in [0.1, 0.15) is 0 Å². The van der Waals surface area contributed by atoms with Crippen molar-refractivity contribution in [3.63, 3.8) is 0 Å². The summed E-state index contributed by atoms with van der Waals surface area (Å²) in [5.41, 5.74) is 1.34. The molecule has 0 aliphatic rings. The van der Waals surface area contributed by atoms with Crippen LogP contribution in [0.25, 0.3) is 0 Å². The van der Waals surface area contributed by atoms with Crippen LogP contribution in [-0.2, 0) is 37.4 Å². The molecule has 1 aromatic carbocycles. The van der Waals surface area contributed by atoms with Gasteiger partial charge in [-0.05, 0) is 6.42 Å².